The molecule has 0 aliphatic heterocycles. The second-order valence-corrected chi connectivity index (χ2v) is 3.36. The standard InChI is InChI=1S/C10H15NO4/c1-6-3-9(11-7(2)10(6)14)15-5-8(13)4-12/h3,8,12-14H,4-5H2,1-2H3. The van der Waals surface area contributed by atoms with E-state index >= 15 is 0 Å². The summed E-state index contributed by atoms with van der Waals surface area (Å²) in [7, 11) is 0. The third-order valence-electron chi connectivity index (χ3n) is 1.97. The molecule has 1 rings (SSSR count). The normalized spacial score (nSPS) is 12.5. The highest BCUT2D eigenvalue weighted by Gasteiger charge is 2.08. The fourth-order valence-corrected chi connectivity index (χ4v) is 1.10. The molecule has 0 aliphatic carbocycles. The average molecular weight is 213 g/mol. The number of aromatic nitrogens is 1. The van der Waals surface area contributed by atoms with Crippen LogP contribution in [0.2, 0.25) is 0 Å². The Hall–Kier alpha value is -1.33. The predicted octanol–water partition coefficient (Wildman–Crippen LogP) is 0.136. The molecule has 5 nitrogen and oxygen atoms in total. The van der Waals surface area contributed by atoms with Crippen LogP contribution in [-0.4, -0.2) is 39.6 Å². The number of rotatable bonds is 4. The zero-order chi connectivity index (χ0) is 11.4. The first-order valence-electron chi connectivity index (χ1n) is 4.63. The molecule has 5 heteroatoms. The van der Waals surface area contributed by atoms with Crippen molar-refractivity contribution in [2.24, 2.45) is 0 Å². The van der Waals surface area contributed by atoms with Crippen molar-refractivity contribution in [2.75, 3.05) is 13.2 Å². The quantitative estimate of drug-likeness (QED) is 0.662. The summed E-state index contributed by atoms with van der Waals surface area (Å²) in [5, 5.41) is 27.1. The Kier molecular flexibility index (Phi) is 3.88. The monoisotopic (exact) mass is 213 g/mol. The van der Waals surface area contributed by atoms with Crippen LogP contribution in [0.1, 0.15) is 11.3 Å². The van der Waals surface area contributed by atoms with E-state index in [1.54, 1.807) is 19.9 Å². The van der Waals surface area contributed by atoms with Gasteiger partial charge in [-0.05, 0) is 19.4 Å². The van der Waals surface area contributed by atoms with E-state index in [2.05, 4.69) is 4.98 Å². The molecule has 0 aromatic carbocycles. The predicted molar refractivity (Wildman–Crippen MR) is 54.0 cm³/mol. The summed E-state index contributed by atoms with van der Waals surface area (Å²) in [6.45, 7) is 3.03. The number of hydrogen-bond donors (Lipinski definition) is 3. The van der Waals surface area contributed by atoms with Gasteiger partial charge in [0.05, 0.1) is 12.3 Å². The fourth-order valence-electron chi connectivity index (χ4n) is 1.10. The first-order chi connectivity index (χ1) is 7.04. The van der Waals surface area contributed by atoms with Gasteiger partial charge in [0.1, 0.15) is 18.5 Å². The van der Waals surface area contributed by atoms with Crippen molar-refractivity contribution in [3.63, 3.8) is 0 Å². The van der Waals surface area contributed by atoms with Crippen LogP contribution < -0.4 is 4.74 Å². The highest BCUT2D eigenvalue weighted by Crippen LogP contribution is 2.23. The van der Waals surface area contributed by atoms with Gasteiger partial charge in [-0.15, -0.1) is 0 Å². The van der Waals surface area contributed by atoms with E-state index in [1.807, 2.05) is 0 Å². The first-order valence-corrected chi connectivity index (χ1v) is 4.63. The summed E-state index contributed by atoms with van der Waals surface area (Å²) in [5.74, 6) is 0.473. The van der Waals surface area contributed by atoms with Crippen LogP contribution in [0.15, 0.2) is 6.07 Å². The molecule has 1 aromatic rings. The highest BCUT2D eigenvalue weighted by molar-refractivity contribution is 5.37. The van der Waals surface area contributed by atoms with Gasteiger partial charge in [-0.3, -0.25) is 0 Å². The zero-order valence-corrected chi connectivity index (χ0v) is 8.77. The minimum Gasteiger partial charge on any atom is -0.506 e. The second kappa shape index (κ2) is 4.95. The van der Waals surface area contributed by atoms with Gasteiger partial charge in [-0.2, -0.15) is 0 Å². The molecule has 3 N–H and O–H groups in total. The van der Waals surface area contributed by atoms with E-state index in [4.69, 9.17) is 14.9 Å². The van der Waals surface area contributed by atoms with Gasteiger partial charge in [-0.25, -0.2) is 4.98 Å². The van der Waals surface area contributed by atoms with Crippen molar-refractivity contribution in [2.45, 2.75) is 20.0 Å². The zero-order valence-electron chi connectivity index (χ0n) is 8.77. The molecular formula is C10H15NO4. The number of aryl methyl sites for hydroxylation is 2. The third kappa shape index (κ3) is 3.07. The molecule has 0 saturated carbocycles. The number of pyridine rings is 1. The van der Waals surface area contributed by atoms with Crippen molar-refractivity contribution < 1.29 is 20.1 Å². The lowest BCUT2D eigenvalue weighted by atomic mass is 10.2. The Morgan fingerprint density at radius 2 is 2.13 bits per heavy atom. The summed E-state index contributed by atoms with van der Waals surface area (Å²) in [6.07, 6.45) is -0.916. The molecule has 0 amide bonds. The van der Waals surface area contributed by atoms with Crippen LogP contribution in [0.3, 0.4) is 0 Å². The molecule has 84 valence electrons. The van der Waals surface area contributed by atoms with Gasteiger partial charge in [0, 0.05) is 6.07 Å². The largest absolute Gasteiger partial charge is 0.506 e. The van der Waals surface area contributed by atoms with Gasteiger partial charge < -0.3 is 20.1 Å². The number of aromatic hydroxyl groups is 1. The van der Waals surface area contributed by atoms with E-state index in [-0.39, 0.29) is 19.0 Å². The summed E-state index contributed by atoms with van der Waals surface area (Å²) in [5.41, 5.74) is 1.14. The Labute approximate surface area is 88.0 Å². The lowest BCUT2D eigenvalue weighted by Gasteiger charge is -2.11. The Morgan fingerprint density at radius 1 is 1.47 bits per heavy atom. The molecule has 15 heavy (non-hydrogen) atoms. The van der Waals surface area contributed by atoms with Crippen LogP contribution in [-0.2, 0) is 0 Å². The molecule has 0 saturated heterocycles. The van der Waals surface area contributed by atoms with E-state index < -0.39 is 6.10 Å². The minimum atomic E-state index is -0.916. The molecule has 0 spiro atoms. The number of ether oxygens (including phenoxy) is 1. The van der Waals surface area contributed by atoms with Gasteiger partial charge in [-0.1, -0.05) is 0 Å². The number of aliphatic hydroxyl groups is 2. The lowest BCUT2D eigenvalue weighted by molar-refractivity contribution is 0.0520. The summed E-state index contributed by atoms with van der Waals surface area (Å²) in [6, 6.07) is 1.58. The van der Waals surface area contributed by atoms with Gasteiger partial charge in [0.15, 0.2) is 0 Å². The fraction of sp³-hybridized carbons (Fsp3) is 0.500. The maximum atomic E-state index is 9.45. The molecular weight excluding hydrogens is 198 g/mol. The SMILES string of the molecule is Cc1cc(OCC(O)CO)nc(C)c1O. The molecule has 0 radical (unpaired) electrons. The van der Waals surface area contributed by atoms with Gasteiger partial charge >= 0.3 is 0 Å². The molecule has 0 fully saturated rings. The average Bonchev–Trinajstić information content (AvgIpc) is 2.22. The summed E-state index contributed by atoms with van der Waals surface area (Å²) in [4.78, 5) is 3.97. The highest BCUT2D eigenvalue weighted by atomic mass is 16.5. The number of nitrogens with zero attached hydrogens (tertiary/aromatic N) is 1. The summed E-state index contributed by atoms with van der Waals surface area (Å²) >= 11 is 0. The first kappa shape index (κ1) is 11.7. The minimum absolute atomic E-state index is 0.0207. The van der Waals surface area contributed by atoms with Crippen molar-refractivity contribution in [3.05, 3.63) is 17.3 Å². The molecule has 1 heterocycles. The van der Waals surface area contributed by atoms with E-state index in [0.29, 0.717) is 17.1 Å². The van der Waals surface area contributed by atoms with Crippen molar-refractivity contribution in [1.82, 2.24) is 4.98 Å². The van der Waals surface area contributed by atoms with Crippen LogP contribution >= 0.6 is 0 Å². The van der Waals surface area contributed by atoms with E-state index in [0.717, 1.165) is 0 Å². The number of aliphatic hydroxyl groups excluding tert-OH is 2. The van der Waals surface area contributed by atoms with E-state index in [1.165, 1.54) is 0 Å². The van der Waals surface area contributed by atoms with Crippen molar-refractivity contribution in [1.29, 1.82) is 0 Å². The molecule has 1 atom stereocenters. The molecule has 1 aromatic heterocycles. The van der Waals surface area contributed by atoms with Crippen LogP contribution in [0.25, 0.3) is 0 Å². The van der Waals surface area contributed by atoms with Crippen molar-refractivity contribution in [3.8, 4) is 11.6 Å². The van der Waals surface area contributed by atoms with Gasteiger partial charge in [0.25, 0.3) is 0 Å². The molecule has 1 unspecified atom stereocenters. The molecule has 0 aliphatic rings. The Balaban J connectivity index is 2.70. The van der Waals surface area contributed by atoms with Crippen LogP contribution in [0.4, 0.5) is 0 Å². The molecule has 0 bridgehead atoms. The topological polar surface area (TPSA) is 82.8 Å². The van der Waals surface area contributed by atoms with Crippen LogP contribution in [0, 0.1) is 13.8 Å². The maximum absolute atomic E-state index is 9.45. The smallest absolute Gasteiger partial charge is 0.214 e. The Bertz CT molecular complexity index is 317. The maximum Gasteiger partial charge on any atom is 0.214 e. The van der Waals surface area contributed by atoms with E-state index in [9.17, 15) is 5.11 Å². The lowest BCUT2D eigenvalue weighted by Crippen LogP contribution is -2.21. The van der Waals surface area contributed by atoms with Gasteiger partial charge in [0.2, 0.25) is 5.88 Å². The summed E-state index contributed by atoms with van der Waals surface area (Å²) < 4.78 is 5.14. The van der Waals surface area contributed by atoms with Crippen molar-refractivity contribution >= 4 is 0 Å². The third-order valence-corrected chi connectivity index (χ3v) is 1.97. The number of hydrogen-bond acceptors (Lipinski definition) is 5. The second-order valence-electron chi connectivity index (χ2n) is 3.36. The Morgan fingerprint density at radius 3 is 2.67 bits per heavy atom. The van der Waals surface area contributed by atoms with Crippen LogP contribution in [0.5, 0.6) is 11.6 Å².